The molecule has 1 N–H and O–H groups in total. The highest BCUT2D eigenvalue weighted by Crippen LogP contribution is 2.09. The standard InChI is InChI=1S/C7H8N2O/c1-3-8-9-5-6-2-4-10-7(1)6/h2,4-5,8H,1,3H2. The molecule has 0 aliphatic carbocycles. The molecule has 1 aromatic rings. The van der Waals surface area contributed by atoms with E-state index in [4.69, 9.17) is 4.42 Å². The lowest BCUT2D eigenvalue weighted by atomic mass is 10.2. The molecule has 0 amide bonds. The Morgan fingerprint density at radius 1 is 1.60 bits per heavy atom. The first-order valence-corrected chi connectivity index (χ1v) is 3.29. The molecule has 0 bridgehead atoms. The summed E-state index contributed by atoms with van der Waals surface area (Å²) in [4.78, 5) is 0. The Kier molecular flexibility index (Phi) is 1.20. The van der Waals surface area contributed by atoms with Crippen LogP contribution in [0.15, 0.2) is 21.8 Å². The molecule has 0 saturated heterocycles. The summed E-state index contributed by atoms with van der Waals surface area (Å²) in [5.74, 6) is 1.02. The van der Waals surface area contributed by atoms with Crippen LogP contribution in [0.25, 0.3) is 0 Å². The highest BCUT2D eigenvalue weighted by molar-refractivity contribution is 5.80. The minimum atomic E-state index is 0.858. The maximum absolute atomic E-state index is 5.20. The fourth-order valence-corrected chi connectivity index (χ4v) is 1.02. The predicted octanol–water partition coefficient (Wildman–Crippen LogP) is 0.759. The summed E-state index contributed by atoms with van der Waals surface area (Å²) >= 11 is 0. The number of rotatable bonds is 0. The fourth-order valence-electron chi connectivity index (χ4n) is 1.02. The minimum Gasteiger partial charge on any atom is -0.469 e. The number of furan rings is 1. The molecule has 2 rings (SSSR count). The van der Waals surface area contributed by atoms with E-state index < -0.39 is 0 Å². The smallest absolute Gasteiger partial charge is 0.114 e. The molecular formula is C7H8N2O. The Bertz CT molecular complexity index is 252. The molecule has 3 nitrogen and oxygen atoms in total. The topological polar surface area (TPSA) is 37.5 Å². The van der Waals surface area contributed by atoms with Gasteiger partial charge in [-0.25, -0.2) is 0 Å². The lowest BCUT2D eigenvalue weighted by Gasteiger charge is -1.92. The van der Waals surface area contributed by atoms with Crippen molar-refractivity contribution in [1.82, 2.24) is 5.43 Å². The number of fused-ring (bicyclic) bond motifs is 1. The third-order valence-electron chi connectivity index (χ3n) is 1.54. The Hall–Kier alpha value is -1.25. The average molecular weight is 136 g/mol. The molecule has 10 heavy (non-hydrogen) atoms. The van der Waals surface area contributed by atoms with Gasteiger partial charge in [-0.15, -0.1) is 0 Å². The van der Waals surface area contributed by atoms with E-state index in [1.54, 1.807) is 12.5 Å². The molecule has 0 atom stereocenters. The van der Waals surface area contributed by atoms with Gasteiger partial charge in [-0.05, 0) is 6.07 Å². The zero-order valence-corrected chi connectivity index (χ0v) is 5.50. The van der Waals surface area contributed by atoms with E-state index in [1.165, 1.54) is 0 Å². The van der Waals surface area contributed by atoms with Crippen LogP contribution in [-0.4, -0.2) is 12.8 Å². The zero-order valence-electron chi connectivity index (χ0n) is 5.50. The molecule has 0 aromatic carbocycles. The van der Waals surface area contributed by atoms with E-state index >= 15 is 0 Å². The van der Waals surface area contributed by atoms with Crippen molar-refractivity contribution in [3.63, 3.8) is 0 Å². The van der Waals surface area contributed by atoms with Crippen molar-refractivity contribution in [1.29, 1.82) is 0 Å². The predicted molar refractivity (Wildman–Crippen MR) is 38.0 cm³/mol. The number of nitrogens with zero attached hydrogens (tertiary/aromatic N) is 1. The zero-order chi connectivity index (χ0) is 6.81. The quantitative estimate of drug-likeness (QED) is 0.571. The lowest BCUT2D eigenvalue weighted by molar-refractivity contribution is 0.503. The van der Waals surface area contributed by atoms with Gasteiger partial charge in [-0.2, -0.15) is 5.10 Å². The summed E-state index contributed by atoms with van der Waals surface area (Å²) in [6, 6.07) is 1.92. The molecule has 52 valence electrons. The summed E-state index contributed by atoms with van der Waals surface area (Å²) in [5.41, 5.74) is 3.98. The van der Waals surface area contributed by atoms with Crippen LogP contribution < -0.4 is 5.43 Å². The summed E-state index contributed by atoms with van der Waals surface area (Å²) < 4.78 is 5.20. The van der Waals surface area contributed by atoms with Gasteiger partial charge in [0.1, 0.15) is 5.76 Å². The number of hydrogen-bond donors (Lipinski definition) is 1. The van der Waals surface area contributed by atoms with Gasteiger partial charge in [0.15, 0.2) is 0 Å². The second kappa shape index (κ2) is 2.17. The maximum atomic E-state index is 5.20. The highest BCUT2D eigenvalue weighted by atomic mass is 16.3. The maximum Gasteiger partial charge on any atom is 0.114 e. The summed E-state index contributed by atoms with van der Waals surface area (Å²) in [6.45, 7) is 0.858. The van der Waals surface area contributed by atoms with Crippen LogP contribution >= 0.6 is 0 Å². The summed E-state index contributed by atoms with van der Waals surface area (Å²) in [6.07, 6.45) is 4.40. The lowest BCUT2D eigenvalue weighted by Crippen LogP contribution is -2.06. The van der Waals surface area contributed by atoms with Gasteiger partial charge in [0.25, 0.3) is 0 Å². The van der Waals surface area contributed by atoms with Crippen LogP contribution in [0.1, 0.15) is 11.3 Å². The molecule has 0 spiro atoms. The van der Waals surface area contributed by atoms with E-state index in [2.05, 4.69) is 10.5 Å². The van der Waals surface area contributed by atoms with Crippen LogP contribution in [0.2, 0.25) is 0 Å². The molecule has 1 aliphatic rings. The van der Waals surface area contributed by atoms with Crippen molar-refractivity contribution in [2.75, 3.05) is 6.54 Å². The first kappa shape index (κ1) is 5.53. The van der Waals surface area contributed by atoms with Gasteiger partial charge in [0.05, 0.1) is 12.5 Å². The van der Waals surface area contributed by atoms with E-state index in [1.807, 2.05) is 6.07 Å². The summed E-state index contributed by atoms with van der Waals surface area (Å²) in [7, 11) is 0. The van der Waals surface area contributed by atoms with Crippen molar-refractivity contribution in [2.24, 2.45) is 5.10 Å². The molecule has 3 heteroatoms. The second-order valence-corrected chi connectivity index (χ2v) is 2.22. The Labute approximate surface area is 58.7 Å². The number of nitrogens with one attached hydrogen (secondary N) is 1. The Balaban J connectivity index is 2.42. The van der Waals surface area contributed by atoms with Crippen LogP contribution in [0.3, 0.4) is 0 Å². The van der Waals surface area contributed by atoms with Crippen molar-refractivity contribution < 1.29 is 4.42 Å². The Morgan fingerprint density at radius 3 is 3.60 bits per heavy atom. The average Bonchev–Trinajstić information content (AvgIpc) is 2.28. The molecule has 1 aromatic heterocycles. The normalized spacial score (nSPS) is 15.6. The molecular weight excluding hydrogens is 128 g/mol. The molecule has 0 unspecified atom stereocenters. The second-order valence-electron chi connectivity index (χ2n) is 2.22. The van der Waals surface area contributed by atoms with Crippen molar-refractivity contribution in [3.05, 3.63) is 23.7 Å². The summed E-state index contributed by atoms with van der Waals surface area (Å²) in [5, 5.41) is 3.95. The third kappa shape index (κ3) is 0.795. The van der Waals surface area contributed by atoms with Crippen molar-refractivity contribution >= 4 is 6.21 Å². The first-order valence-electron chi connectivity index (χ1n) is 3.29. The van der Waals surface area contributed by atoms with Crippen LogP contribution in [0, 0.1) is 0 Å². The van der Waals surface area contributed by atoms with Gasteiger partial charge < -0.3 is 9.84 Å². The van der Waals surface area contributed by atoms with Gasteiger partial charge >= 0.3 is 0 Å². The van der Waals surface area contributed by atoms with E-state index in [0.29, 0.717) is 0 Å². The van der Waals surface area contributed by atoms with Crippen LogP contribution in [-0.2, 0) is 6.42 Å². The largest absolute Gasteiger partial charge is 0.469 e. The minimum absolute atomic E-state index is 0.858. The molecule has 1 aliphatic heterocycles. The van der Waals surface area contributed by atoms with Gasteiger partial charge in [0, 0.05) is 18.5 Å². The SMILES string of the molecule is C1=NNCCc2occc21. The highest BCUT2D eigenvalue weighted by Gasteiger charge is 2.05. The van der Waals surface area contributed by atoms with E-state index in [0.717, 1.165) is 24.3 Å². The number of hydrogen-bond acceptors (Lipinski definition) is 3. The van der Waals surface area contributed by atoms with Gasteiger partial charge in [0.2, 0.25) is 0 Å². The van der Waals surface area contributed by atoms with Gasteiger partial charge in [-0.3, -0.25) is 0 Å². The Morgan fingerprint density at radius 2 is 2.60 bits per heavy atom. The molecule has 0 radical (unpaired) electrons. The monoisotopic (exact) mass is 136 g/mol. The number of hydrazone groups is 1. The molecule has 0 fully saturated rings. The first-order chi connectivity index (χ1) is 4.97. The third-order valence-corrected chi connectivity index (χ3v) is 1.54. The van der Waals surface area contributed by atoms with Crippen LogP contribution in [0.5, 0.6) is 0 Å². The van der Waals surface area contributed by atoms with Crippen LogP contribution in [0.4, 0.5) is 0 Å². The van der Waals surface area contributed by atoms with Gasteiger partial charge in [-0.1, -0.05) is 0 Å². The van der Waals surface area contributed by atoms with Crippen molar-refractivity contribution in [2.45, 2.75) is 6.42 Å². The van der Waals surface area contributed by atoms with E-state index in [-0.39, 0.29) is 0 Å². The molecule has 2 heterocycles. The van der Waals surface area contributed by atoms with Crippen molar-refractivity contribution in [3.8, 4) is 0 Å². The fraction of sp³-hybridized carbons (Fsp3) is 0.286. The molecule has 0 saturated carbocycles. The van der Waals surface area contributed by atoms with E-state index in [9.17, 15) is 0 Å².